The predicted molar refractivity (Wildman–Crippen MR) is 620 cm³/mol. The van der Waals surface area contributed by atoms with E-state index in [2.05, 4.69) is 612 Å². The number of rotatable bonds is 18. The molecule has 1 aliphatic carbocycles. The van der Waals surface area contributed by atoms with Gasteiger partial charge in [0.2, 0.25) is 0 Å². The first-order chi connectivity index (χ1) is 72.5. The highest BCUT2D eigenvalue weighted by atomic mass is 28.3. The number of anilines is 3. The van der Waals surface area contributed by atoms with Crippen molar-refractivity contribution < 1.29 is 0 Å². The number of hydrogen-bond donors (Lipinski definition) is 0. The van der Waals surface area contributed by atoms with Crippen LogP contribution in [0.4, 0.5) is 17.1 Å². The number of hydrogen-bond acceptors (Lipinski definition) is 2. The molecule has 8 heteroatoms. The Morgan fingerprint density at radius 2 is 0.397 bits per heavy atom. The van der Waals surface area contributed by atoms with Gasteiger partial charge in [0, 0.05) is 99.9 Å². The average molecular weight is 1900 g/mol. The molecule has 0 saturated heterocycles. The second-order valence-corrected chi connectivity index (χ2v) is 45.4. The summed E-state index contributed by atoms with van der Waals surface area (Å²) in [6.45, 7) is 0. The Morgan fingerprint density at radius 1 is 0.171 bits per heavy atom. The van der Waals surface area contributed by atoms with Crippen LogP contribution in [0.2, 0.25) is 0 Å². The van der Waals surface area contributed by atoms with Crippen molar-refractivity contribution in [1.82, 2.24) is 23.3 Å². The lowest BCUT2D eigenvalue weighted by Gasteiger charge is -2.37. The summed E-state index contributed by atoms with van der Waals surface area (Å²) in [5.74, 6) is 0.216. The van der Waals surface area contributed by atoms with Crippen LogP contribution in [0.3, 0.4) is 0 Å². The van der Waals surface area contributed by atoms with Crippen LogP contribution in [-0.2, 0) is 0 Å². The van der Waals surface area contributed by atoms with Crippen molar-refractivity contribution in [3.05, 3.63) is 605 Å². The van der Waals surface area contributed by atoms with E-state index in [0.29, 0.717) is 0 Å². The molecule has 0 N–H and O–H groups in total. The summed E-state index contributed by atoms with van der Waals surface area (Å²) in [7, 11) is -5.21. The zero-order valence-corrected chi connectivity index (χ0v) is 82.3. The molecule has 688 valence electrons. The Morgan fingerprint density at radius 3 is 0.685 bits per heavy atom. The highest BCUT2D eigenvalue weighted by molar-refractivity contribution is 7.21. The van der Waals surface area contributed by atoms with Crippen LogP contribution in [0, 0.1) is 0 Å². The van der Waals surface area contributed by atoms with Crippen molar-refractivity contribution in [3.8, 4) is 56.4 Å². The Hall–Kier alpha value is -18.6. The van der Waals surface area contributed by atoms with Gasteiger partial charge in [-0.05, 0) is 221 Å². The molecule has 0 bridgehead atoms. The molecule has 1 aliphatic rings. The number of para-hydroxylation sites is 8. The van der Waals surface area contributed by atoms with Crippen molar-refractivity contribution >= 4 is 162 Å². The fourth-order valence-corrected chi connectivity index (χ4v) is 33.0. The molecule has 22 aromatic carbocycles. The minimum absolute atomic E-state index is 0.216. The maximum absolute atomic E-state index is 5.21. The van der Waals surface area contributed by atoms with Crippen LogP contribution in [0.1, 0.15) is 22.6 Å². The van der Waals surface area contributed by atoms with Gasteiger partial charge >= 0.3 is 0 Å². The molecule has 0 saturated carbocycles. The molecule has 6 nitrogen and oxygen atoms in total. The molecule has 5 heterocycles. The van der Waals surface area contributed by atoms with Gasteiger partial charge < -0.3 is 23.2 Å². The molecule has 5 aromatic heterocycles. The third-order valence-corrected chi connectivity index (χ3v) is 39.5. The summed E-state index contributed by atoms with van der Waals surface area (Å²) in [5, 5.41) is 21.2. The monoisotopic (exact) mass is 1890 g/mol. The van der Waals surface area contributed by atoms with Gasteiger partial charge in [-0.2, -0.15) is 0 Å². The fourth-order valence-electron chi connectivity index (χ4n) is 23.6. The molecular formula is C138H98N6Si2. The predicted octanol–water partition coefficient (Wildman–Crippen LogP) is 29.6. The van der Waals surface area contributed by atoms with E-state index in [-0.39, 0.29) is 5.92 Å². The third-order valence-electron chi connectivity index (χ3n) is 29.9. The quantitative estimate of drug-likeness (QED) is 0.0634. The maximum Gasteiger partial charge on any atom is 0.179 e. The van der Waals surface area contributed by atoms with Crippen molar-refractivity contribution in [2.45, 2.75) is 5.92 Å². The number of benzene rings is 22. The summed E-state index contributed by atoms with van der Waals surface area (Å²) >= 11 is 0. The first-order valence-electron chi connectivity index (χ1n) is 50.3. The van der Waals surface area contributed by atoms with Crippen LogP contribution in [0.15, 0.2) is 588 Å². The lowest BCUT2D eigenvalue weighted by atomic mass is 9.88. The molecule has 0 fully saturated rings. The zero-order valence-electron chi connectivity index (χ0n) is 80.3. The molecule has 0 aliphatic heterocycles. The smallest absolute Gasteiger partial charge is 0.179 e. The Balaban J connectivity index is 0.000000113. The van der Waals surface area contributed by atoms with Gasteiger partial charge in [0.1, 0.15) is 0 Å². The van der Waals surface area contributed by atoms with Crippen molar-refractivity contribution in [2.75, 3.05) is 4.90 Å². The van der Waals surface area contributed by atoms with E-state index in [0.717, 1.165) is 62.3 Å². The highest BCUT2D eigenvalue weighted by Crippen LogP contribution is 2.49. The van der Waals surface area contributed by atoms with Crippen molar-refractivity contribution in [2.24, 2.45) is 0 Å². The summed E-state index contributed by atoms with van der Waals surface area (Å²) in [6, 6.07) is 215. The van der Waals surface area contributed by atoms with Gasteiger partial charge in [-0.3, -0.25) is 0 Å². The molecule has 27 aromatic rings. The van der Waals surface area contributed by atoms with E-state index < -0.39 is 16.1 Å². The van der Waals surface area contributed by atoms with Gasteiger partial charge in [0.15, 0.2) is 16.1 Å². The second-order valence-electron chi connectivity index (χ2n) is 37.8. The normalized spacial score (nSPS) is 11.9. The van der Waals surface area contributed by atoms with E-state index in [1.807, 2.05) is 0 Å². The van der Waals surface area contributed by atoms with Gasteiger partial charge in [0.25, 0.3) is 0 Å². The summed E-state index contributed by atoms with van der Waals surface area (Å²) in [5.41, 5.74) is 28.3. The SMILES string of the molecule is c1cc(-c2cccc(-c3cccc(-n4c5ccccc5c5ccccc54)c3)n2)cc(C2c3ccccc3-c3ccccc32)c1.c1ccc([Si](c2ccccc2)(c2ccccc2)c2ccc([Si](c3ccccc3)(c3ccccc3)c3ccccc3)cc2)cc1.c1ccc2c(c1)c1ccccc1n2-c1ccc(N(c2ccc(-n3c4ccccc4c4ccccc43)cc2)c2ccc(-n3c4ccccc4c4ccccc43)cc2)cc1. The van der Waals surface area contributed by atoms with Gasteiger partial charge in [-0.25, -0.2) is 4.98 Å². The topological polar surface area (TPSA) is 35.9 Å². The Labute approximate surface area is 851 Å². The minimum atomic E-state index is -2.60. The second kappa shape index (κ2) is 37.8. The molecule has 0 atom stereocenters. The summed E-state index contributed by atoms with van der Waals surface area (Å²) in [4.78, 5) is 7.57. The third kappa shape index (κ3) is 15.2. The van der Waals surface area contributed by atoms with Crippen LogP contribution in [0.5, 0.6) is 0 Å². The van der Waals surface area contributed by atoms with E-state index in [1.165, 1.54) is 157 Å². The average Bonchev–Trinajstić information content (AvgIpc) is 0.935. The summed E-state index contributed by atoms with van der Waals surface area (Å²) in [6.07, 6.45) is 0. The summed E-state index contributed by atoms with van der Waals surface area (Å²) < 4.78 is 9.48. The van der Waals surface area contributed by atoms with Crippen molar-refractivity contribution in [3.63, 3.8) is 0 Å². The van der Waals surface area contributed by atoms with Crippen LogP contribution < -0.4 is 46.4 Å². The lowest BCUT2D eigenvalue weighted by molar-refractivity contribution is 1.01. The van der Waals surface area contributed by atoms with Crippen LogP contribution >= 0.6 is 0 Å². The Kier molecular flexibility index (Phi) is 22.7. The molecule has 28 rings (SSSR count). The fraction of sp³-hybridized carbons (Fsp3) is 0.00725. The van der Waals surface area contributed by atoms with Crippen LogP contribution in [-0.4, -0.2) is 39.4 Å². The molecule has 0 radical (unpaired) electrons. The largest absolute Gasteiger partial charge is 0.310 e. The number of aromatic nitrogens is 5. The lowest BCUT2D eigenvalue weighted by Crippen LogP contribution is -2.76. The van der Waals surface area contributed by atoms with E-state index in [1.54, 1.807) is 0 Å². The number of fused-ring (bicyclic) bond motifs is 15. The zero-order chi connectivity index (χ0) is 96.9. The number of nitrogens with zero attached hydrogens (tertiary/aromatic N) is 6. The molecule has 0 unspecified atom stereocenters. The molecule has 0 amide bonds. The van der Waals surface area contributed by atoms with E-state index >= 15 is 0 Å². The molecule has 0 spiro atoms. The number of pyridine rings is 1. The standard InChI is InChI=1S/C54H36N4.C42H28N2.C42H34Si2/c1-7-19-49-43(13-1)44-14-2-8-20-50(44)56(49)40-31-25-37(26-32-40)55(38-27-33-41(34-28-38)57-51-21-9-3-15-45(51)46-16-4-10-22-52(46)57)39-29-35-42(36-30-39)58-53-23-11-5-17-47(53)48-18-6-12-24-54(48)58;1-3-20-36-32(16-1)33-17-2-4-21-37(33)42(36)30-14-9-12-28(26-30)38-22-11-23-39(43-38)29-13-10-15-31(27-29)44-40-24-7-5-18-34(40)35-19-6-8-25-41(35)44;1-7-19-35(20-8-1)43(36-21-9-2-10-22-36,37-23-11-3-12-24-37)41-31-33-42(34-32-41)44(38-25-13-4-14-26-38,39-27-15-5-16-28-39)40-29-17-6-18-30-40/h1-36H;1-27,42H;1-34H. The molecule has 146 heavy (non-hydrogen) atoms. The van der Waals surface area contributed by atoms with E-state index in [9.17, 15) is 0 Å². The van der Waals surface area contributed by atoms with E-state index in [4.69, 9.17) is 4.98 Å². The highest BCUT2D eigenvalue weighted by Gasteiger charge is 2.45. The first kappa shape index (κ1) is 87.7. The van der Waals surface area contributed by atoms with Crippen molar-refractivity contribution in [1.29, 1.82) is 0 Å². The minimum Gasteiger partial charge on any atom is -0.310 e. The maximum atomic E-state index is 5.21. The van der Waals surface area contributed by atoms with Crippen LogP contribution in [0.25, 0.3) is 144 Å². The Bertz CT molecular complexity index is 8500. The first-order valence-corrected chi connectivity index (χ1v) is 54.3. The van der Waals surface area contributed by atoms with Gasteiger partial charge in [-0.1, -0.05) is 437 Å². The molecular weight excluding hydrogens is 1800 g/mol. The van der Waals surface area contributed by atoms with Gasteiger partial charge in [-0.15, -0.1) is 0 Å². The van der Waals surface area contributed by atoms with Gasteiger partial charge in [0.05, 0.1) is 55.5 Å².